The summed E-state index contributed by atoms with van der Waals surface area (Å²) >= 11 is 0. The number of methoxy groups -OCH3 is 1. The molecular formula is C23H29NO5. The molecule has 2 aromatic carbocycles. The Labute approximate surface area is 172 Å². The normalized spacial score (nSPS) is 14.5. The molecule has 0 aromatic heterocycles. The number of carbonyl (C=O) groups excluding carboxylic acids is 1. The minimum atomic E-state index is -0.599. The number of hydrogen-bond donors (Lipinski definition) is 1. The maximum atomic E-state index is 11.7. The molecule has 0 amide bonds. The van der Waals surface area contributed by atoms with Crippen LogP contribution < -0.4 is 9.47 Å². The molecule has 6 nitrogen and oxygen atoms in total. The van der Waals surface area contributed by atoms with E-state index in [-0.39, 0.29) is 12.6 Å². The average molecular weight is 399 g/mol. The number of esters is 1. The van der Waals surface area contributed by atoms with Gasteiger partial charge in [-0.2, -0.15) is 0 Å². The zero-order valence-electron chi connectivity index (χ0n) is 17.0. The first-order valence-corrected chi connectivity index (χ1v) is 10.0. The van der Waals surface area contributed by atoms with Crippen LogP contribution in [0.3, 0.4) is 0 Å². The van der Waals surface area contributed by atoms with Crippen molar-refractivity contribution in [3.63, 3.8) is 0 Å². The van der Waals surface area contributed by atoms with Crippen molar-refractivity contribution in [1.29, 1.82) is 0 Å². The molecule has 1 saturated carbocycles. The van der Waals surface area contributed by atoms with Gasteiger partial charge in [-0.25, -0.2) is 4.79 Å². The van der Waals surface area contributed by atoms with Gasteiger partial charge in [-0.3, -0.25) is 4.90 Å². The van der Waals surface area contributed by atoms with Gasteiger partial charge in [0.2, 0.25) is 0 Å². The molecule has 0 aliphatic heterocycles. The third kappa shape index (κ3) is 6.48. The summed E-state index contributed by atoms with van der Waals surface area (Å²) in [5.74, 6) is 1.11. The number of ether oxygens (including phenoxy) is 3. The van der Waals surface area contributed by atoms with Crippen LogP contribution in [-0.4, -0.2) is 55.0 Å². The zero-order chi connectivity index (χ0) is 20.6. The summed E-state index contributed by atoms with van der Waals surface area (Å²) in [6.45, 7) is 3.66. The molecule has 0 spiro atoms. The highest BCUT2D eigenvalue weighted by molar-refractivity contribution is 5.89. The van der Waals surface area contributed by atoms with Gasteiger partial charge in [-0.05, 0) is 61.7 Å². The molecule has 1 N–H and O–H groups in total. The first-order chi connectivity index (χ1) is 14.1. The fourth-order valence-electron chi connectivity index (χ4n) is 3.17. The standard InChI is InChI=1S/C23H29NO5/c1-3-28-23(26)18-6-12-22(13-7-18)29-16-20(25)15-24(19-8-9-19)14-17-4-10-21(27-2)11-5-17/h4-7,10-13,19-20,25H,3,8-9,14-16H2,1-2H3. The molecule has 0 bridgehead atoms. The van der Waals surface area contributed by atoms with Gasteiger partial charge in [-0.15, -0.1) is 0 Å². The van der Waals surface area contributed by atoms with E-state index in [0.717, 1.165) is 12.3 Å². The highest BCUT2D eigenvalue weighted by Gasteiger charge is 2.30. The molecule has 1 aliphatic rings. The highest BCUT2D eigenvalue weighted by Crippen LogP contribution is 2.29. The second-order valence-electron chi connectivity index (χ2n) is 7.22. The quantitative estimate of drug-likeness (QED) is 0.585. The summed E-state index contributed by atoms with van der Waals surface area (Å²) in [6.07, 6.45) is 1.73. The summed E-state index contributed by atoms with van der Waals surface area (Å²) in [4.78, 5) is 14.0. The largest absolute Gasteiger partial charge is 0.497 e. The Morgan fingerprint density at radius 1 is 1.10 bits per heavy atom. The maximum absolute atomic E-state index is 11.7. The van der Waals surface area contributed by atoms with Crippen molar-refractivity contribution in [1.82, 2.24) is 4.90 Å². The number of aliphatic hydroxyl groups is 1. The van der Waals surface area contributed by atoms with Crippen molar-refractivity contribution < 1.29 is 24.1 Å². The van der Waals surface area contributed by atoms with Crippen molar-refractivity contribution >= 4 is 5.97 Å². The summed E-state index contributed by atoms with van der Waals surface area (Å²) in [7, 11) is 1.66. The highest BCUT2D eigenvalue weighted by atomic mass is 16.5. The first-order valence-electron chi connectivity index (χ1n) is 10.0. The predicted molar refractivity (Wildman–Crippen MR) is 110 cm³/mol. The Hall–Kier alpha value is -2.57. The molecule has 29 heavy (non-hydrogen) atoms. The lowest BCUT2D eigenvalue weighted by atomic mass is 10.2. The molecule has 0 radical (unpaired) electrons. The minimum Gasteiger partial charge on any atom is -0.497 e. The van der Waals surface area contributed by atoms with Crippen LogP contribution in [0.5, 0.6) is 11.5 Å². The first kappa shape index (κ1) is 21.1. The van der Waals surface area contributed by atoms with Gasteiger partial charge in [0.05, 0.1) is 19.3 Å². The molecule has 2 aromatic rings. The monoisotopic (exact) mass is 399 g/mol. The number of nitrogens with zero attached hydrogens (tertiary/aromatic N) is 1. The zero-order valence-corrected chi connectivity index (χ0v) is 17.0. The lowest BCUT2D eigenvalue weighted by Gasteiger charge is -2.25. The van der Waals surface area contributed by atoms with Gasteiger partial charge >= 0.3 is 5.97 Å². The molecule has 0 saturated heterocycles. The van der Waals surface area contributed by atoms with Crippen LogP contribution in [0.15, 0.2) is 48.5 Å². The Morgan fingerprint density at radius 2 is 1.76 bits per heavy atom. The van der Waals surface area contributed by atoms with Crippen molar-refractivity contribution in [3.8, 4) is 11.5 Å². The fourth-order valence-corrected chi connectivity index (χ4v) is 3.17. The van der Waals surface area contributed by atoms with E-state index in [1.54, 1.807) is 38.3 Å². The predicted octanol–water partition coefficient (Wildman–Crippen LogP) is 3.28. The molecule has 1 fully saturated rings. The van der Waals surface area contributed by atoms with Crippen LogP contribution in [-0.2, 0) is 11.3 Å². The van der Waals surface area contributed by atoms with E-state index in [1.807, 2.05) is 12.1 Å². The van der Waals surface area contributed by atoms with Crippen molar-refractivity contribution in [2.45, 2.75) is 38.5 Å². The van der Waals surface area contributed by atoms with Crippen LogP contribution in [0.25, 0.3) is 0 Å². The third-order valence-electron chi connectivity index (χ3n) is 4.86. The van der Waals surface area contributed by atoms with E-state index in [0.29, 0.717) is 30.5 Å². The summed E-state index contributed by atoms with van der Waals surface area (Å²) < 4.78 is 15.9. The summed E-state index contributed by atoms with van der Waals surface area (Å²) in [5, 5.41) is 10.5. The van der Waals surface area contributed by atoms with E-state index in [9.17, 15) is 9.90 Å². The van der Waals surface area contributed by atoms with Crippen LogP contribution >= 0.6 is 0 Å². The smallest absolute Gasteiger partial charge is 0.338 e. The summed E-state index contributed by atoms with van der Waals surface area (Å²) in [6, 6.07) is 15.3. The second-order valence-corrected chi connectivity index (χ2v) is 7.22. The van der Waals surface area contributed by atoms with Crippen LogP contribution in [0, 0.1) is 0 Å². The second kappa shape index (κ2) is 10.3. The summed E-state index contributed by atoms with van der Waals surface area (Å²) in [5.41, 5.74) is 1.68. The van der Waals surface area contributed by atoms with E-state index in [1.165, 1.54) is 18.4 Å². The number of benzene rings is 2. The maximum Gasteiger partial charge on any atom is 0.338 e. The molecule has 1 unspecified atom stereocenters. The lowest BCUT2D eigenvalue weighted by Crippen LogP contribution is -2.36. The van der Waals surface area contributed by atoms with Crippen molar-refractivity contribution in [2.75, 3.05) is 26.9 Å². The van der Waals surface area contributed by atoms with Crippen LogP contribution in [0.4, 0.5) is 0 Å². The van der Waals surface area contributed by atoms with E-state index >= 15 is 0 Å². The lowest BCUT2D eigenvalue weighted by molar-refractivity contribution is 0.0525. The van der Waals surface area contributed by atoms with Crippen molar-refractivity contribution in [2.24, 2.45) is 0 Å². The Kier molecular flexibility index (Phi) is 7.49. The molecule has 3 rings (SSSR count). The Bertz CT molecular complexity index is 771. The molecule has 1 aliphatic carbocycles. The van der Waals surface area contributed by atoms with Gasteiger partial charge in [0.15, 0.2) is 0 Å². The number of rotatable bonds is 11. The van der Waals surface area contributed by atoms with Crippen LogP contribution in [0.1, 0.15) is 35.7 Å². The third-order valence-corrected chi connectivity index (χ3v) is 4.86. The van der Waals surface area contributed by atoms with E-state index < -0.39 is 6.10 Å². The molecule has 6 heteroatoms. The average Bonchev–Trinajstić information content (AvgIpc) is 3.58. The van der Waals surface area contributed by atoms with Gasteiger partial charge in [0.1, 0.15) is 24.2 Å². The number of hydrogen-bond acceptors (Lipinski definition) is 6. The number of aliphatic hydroxyl groups excluding tert-OH is 1. The van der Waals surface area contributed by atoms with Gasteiger partial charge in [0, 0.05) is 19.1 Å². The van der Waals surface area contributed by atoms with E-state index in [4.69, 9.17) is 14.2 Å². The minimum absolute atomic E-state index is 0.199. The van der Waals surface area contributed by atoms with Crippen LogP contribution in [0.2, 0.25) is 0 Å². The molecular weight excluding hydrogens is 370 g/mol. The fraction of sp³-hybridized carbons (Fsp3) is 0.435. The molecule has 1 atom stereocenters. The Morgan fingerprint density at radius 3 is 2.34 bits per heavy atom. The van der Waals surface area contributed by atoms with Gasteiger partial charge in [0.25, 0.3) is 0 Å². The van der Waals surface area contributed by atoms with Gasteiger partial charge < -0.3 is 19.3 Å². The Balaban J connectivity index is 1.48. The SMILES string of the molecule is CCOC(=O)c1ccc(OCC(O)CN(Cc2ccc(OC)cc2)C2CC2)cc1. The molecule has 0 heterocycles. The molecule has 156 valence electrons. The topological polar surface area (TPSA) is 68.2 Å². The van der Waals surface area contributed by atoms with Gasteiger partial charge in [-0.1, -0.05) is 12.1 Å². The van der Waals surface area contributed by atoms with E-state index in [2.05, 4.69) is 17.0 Å². The van der Waals surface area contributed by atoms with Crippen molar-refractivity contribution in [3.05, 3.63) is 59.7 Å². The number of carbonyl (C=O) groups is 1.